The van der Waals surface area contributed by atoms with Crippen LogP contribution in [0.1, 0.15) is 11.1 Å². The Morgan fingerprint density at radius 1 is 1.04 bits per heavy atom. The number of hydrogen-bond acceptors (Lipinski definition) is 5. The Morgan fingerprint density at radius 2 is 1.88 bits per heavy atom. The van der Waals surface area contributed by atoms with Crippen LogP contribution >= 0.6 is 11.3 Å². The van der Waals surface area contributed by atoms with E-state index in [9.17, 15) is 0 Å². The summed E-state index contributed by atoms with van der Waals surface area (Å²) in [5.41, 5.74) is 4.32. The van der Waals surface area contributed by atoms with Gasteiger partial charge in [0.15, 0.2) is 11.5 Å². The SMILES string of the molecule is Cc1ccc(CN(C)c2ccc3nnc(-c4ccsc4)n3n2)cc1. The second-order valence-electron chi connectivity index (χ2n) is 5.84. The van der Waals surface area contributed by atoms with Crippen LogP contribution in [-0.4, -0.2) is 26.9 Å². The summed E-state index contributed by atoms with van der Waals surface area (Å²) in [6, 6.07) is 14.5. The molecule has 1 aromatic carbocycles. The summed E-state index contributed by atoms with van der Waals surface area (Å²) in [5.74, 6) is 1.66. The molecule has 0 unspecified atom stereocenters. The second-order valence-corrected chi connectivity index (χ2v) is 6.62. The van der Waals surface area contributed by atoms with Gasteiger partial charge in [-0.05, 0) is 36.1 Å². The van der Waals surface area contributed by atoms with E-state index in [-0.39, 0.29) is 0 Å². The van der Waals surface area contributed by atoms with Gasteiger partial charge in [0.1, 0.15) is 5.82 Å². The monoisotopic (exact) mass is 335 g/mol. The van der Waals surface area contributed by atoms with E-state index in [0.29, 0.717) is 0 Å². The molecular weight excluding hydrogens is 318 g/mol. The zero-order valence-electron chi connectivity index (χ0n) is 13.5. The molecular formula is C18H17N5S. The fraction of sp³-hybridized carbons (Fsp3) is 0.167. The Morgan fingerprint density at radius 3 is 2.62 bits per heavy atom. The van der Waals surface area contributed by atoms with Gasteiger partial charge in [0, 0.05) is 24.5 Å². The predicted octanol–water partition coefficient (Wildman–Crippen LogP) is 3.80. The molecule has 0 aliphatic rings. The molecule has 0 saturated carbocycles. The van der Waals surface area contributed by atoms with Crippen molar-refractivity contribution in [3.05, 3.63) is 64.4 Å². The summed E-state index contributed by atoms with van der Waals surface area (Å²) in [6.45, 7) is 2.90. The molecule has 120 valence electrons. The fourth-order valence-corrected chi connectivity index (χ4v) is 3.24. The maximum atomic E-state index is 4.73. The first-order valence-electron chi connectivity index (χ1n) is 7.72. The molecule has 0 saturated heterocycles. The second kappa shape index (κ2) is 6.05. The van der Waals surface area contributed by atoms with Crippen LogP contribution in [-0.2, 0) is 6.54 Å². The minimum atomic E-state index is 0.753. The van der Waals surface area contributed by atoms with Gasteiger partial charge in [0.05, 0.1) is 0 Å². The van der Waals surface area contributed by atoms with Crippen molar-refractivity contribution in [3.63, 3.8) is 0 Å². The summed E-state index contributed by atoms with van der Waals surface area (Å²) < 4.78 is 1.81. The average molecular weight is 335 g/mol. The number of aromatic nitrogens is 4. The number of aryl methyl sites for hydroxylation is 1. The molecule has 0 radical (unpaired) electrons. The van der Waals surface area contributed by atoms with Crippen molar-refractivity contribution in [3.8, 4) is 11.4 Å². The van der Waals surface area contributed by atoms with E-state index < -0.39 is 0 Å². The highest BCUT2D eigenvalue weighted by Gasteiger charge is 2.12. The third-order valence-electron chi connectivity index (χ3n) is 3.96. The van der Waals surface area contributed by atoms with Crippen LogP contribution in [0.25, 0.3) is 17.0 Å². The van der Waals surface area contributed by atoms with Gasteiger partial charge in [-0.3, -0.25) is 0 Å². The first-order valence-corrected chi connectivity index (χ1v) is 8.67. The third-order valence-corrected chi connectivity index (χ3v) is 4.64. The lowest BCUT2D eigenvalue weighted by molar-refractivity contribution is 0.842. The van der Waals surface area contributed by atoms with Crippen LogP contribution in [0.15, 0.2) is 53.2 Å². The Balaban J connectivity index is 1.66. The highest BCUT2D eigenvalue weighted by atomic mass is 32.1. The molecule has 0 atom stereocenters. The van der Waals surface area contributed by atoms with E-state index in [0.717, 1.165) is 29.4 Å². The van der Waals surface area contributed by atoms with Crippen molar-refractivity contribution in [2.45, 2.75) is 13.5 Å². The number of rotatable bonds is 4. The van der Waals surface area contributed by atoms with Gasteiger partial charge < -0.3 is 4.90 Å². The Kier molecular flexibility index (Phi) is 3.74. The molecule has 0 aliphatic carbocycles. The molecule has 0 N–H and O–H groups in total. The number of thiophene rings is 1. The molecule has 0 spiro atoms. The Bertz CT molecular complexity index is 957. The predicted molar refractivity (Wildman–Crippen MR) is 97.4 cm³/mol. The molecule has 4 rings (SSSR count). The van der Waals surface area contributed by atoms with Crippen molar-refractivity contribution < 1.29 is 0 Å². The van der Waals surface area contributed by atoms with Crippen LogP contribution in [0.3, 0.4) is 0 Å². The zero-order valence-corrected chi connectivity index (χ0v) is 14.4. The van der Waals surface area contributed by atoms with Crippen LogP contribution in [0.2, 0.25) is 0 Å². The van der Waals surface area contributed by atoms with E-state index in [1.165, 1.54) is 11.1 Å². The van der Waals surface area contributed by atoms with E-state index >= 15 is 0 Å². The smallest absolute Gasteiger partial charge is 0.186 e. The normalized spacial score (nSPS) is 11.1. The molecule has 3 aromatic heterocycles. The van der Waals surface area contributed by atoms with E-state index in [1.807, 2.05) is 35.1 Å². The summed E-state index contributed by atoms with van der Waals surface area (Å²) in [5, 5.41) is 17.3. The fourth-order valence-electron chi connectivity index (χ4n) is 2.60. The van der Waals surface area contributed by atoms with Crippen LogP contribution in [0.5, 0.6) is 0 Å². The average Bonchev–Trinajstić information content (AvgIpc) is 3.25. The Hall–Kier alpha value is -2.73. The lowest BCUT2D eigenvalue weighted by Crippen LogP contribution is -2.18. The molecule has 0 fully saturated rings. The van der Waals surface area contributed by atoms with Crippen molar-refractivity contribution in [2.75, 3.05) is 11.9 Å². The third kappa shape index (κ3) is 2.76. The van der Waals surface area contributed by atoms with Gasteiger partial charge in [0.2, 0.25) is 0 Å². The minimum Gasteiger partial charge on any atom is -0.354 e. The minimum absolute atomic E-state index is 0.753. The lowest BCUT2D eigenvalue weighted by atomic mass is 10.1. The number of hydrogen-bond donors (Lipinski definition) is 0. The summed E-state index contributed by atoms with van der Waals surface area (Å²) in [7, 11) is 2.04. The van der Waals surface area contributed by atoms with Gasteiger partial charge in [0.25, 0.3) is 0 Å². The zero-order chi connectivity index (χ0) is 16.5. The molecule has 5 nitrogen and oxygen atoms in total. The molecule has 24 heavy (non-hydrogen) atoms. The van der Waals surface area contributed by atoms with Crippen molar-refractivity contribution in [1.29, 1.82) is 0 Å². The van der Waals surface area contributed by atoms with Crippen molar-refractivity contribution in [1.82, 2.24) is 19.8 Å². The molecule has 6 heteroatoms. The quantitative estimate of drug-likeness (QED) is 0.569. The maximum absolute atomic E-state index is 4.73. The van der Waals surface area contributed by atoms with Crippen LogP contribution < -0.4 is 4.90 Å². The number of anilines is 1. The standard InChI is InChI=1S/C18H17N5S/c1-13-3-5-14(6-4-13)11-22(2)17-8-7-16-19-20-18(23(16)21-17)15-9-10-24-12-15/h3-10,12H,11H2,1-2H3. The topological polar surface area (TPSA) is 46.3 Å². The highest BCUT2D eigenvalue weighted by Crippen LogP contribution is 2.22. The molecule has 0 amide bonds. The first kappa shape index (κ1) is 14.8. The van der Waals surface area contributed by atoms with E-state index in [2.05, 4.69) is 51.7 Å². The summed E-state index contributed by atoms with van der Waals surface area (Å²) >= 11 is 1.64. The molecule has 0 aliphatic heterocycles. The lowest BCUT2D eigenvalue weighted by Gasteiger charge is -2.18. The van der Waals surface area contributed by atoms with Gasteiger partial charge in [-0.15, -0.1) is 15.3 Å². The number of fused-ring (bicyclic) bond motifs is 1. The Labute approximate surface area is 144 Å². The van der Waals surface area contributed by atoms with Crippen LogP contribution in [0, 0.1) is 6.92 Å². The molecule has 0 bridgehead atoms. The van der Waals surface area contributed by atoms with Gasteiger partial charge in [-0.2, -0.15) is 15.9 Å². The van der Waals surface area contributed by atoms with Gasteiger partial charge in [-0.1, -0.05) is 29.8 Å². The molecule has 4 aromatic rings. The highest BCUT2D eigenvalue weighted by molar-refractivity contribution is 7.08. The first-order chi connectivity index (χ1) is 11.7. The van der Waals surface area contributed by atoms with Crippen LogP contribution in [0.4, 0.5) is 5.82 Å². The van der Waals surface area contributed by atoms with E-state index in [4.69, 9.17) is 5.10 Å². The number of benzene rings is 1. The van der Waals surface area contributed by atoms with Gasteiger partial charge in [-0.25, -0.2) is 0 Å². The summed E-state index contributed by atoms with van der Waals surface area (Å²) in [6.07, 6.45) is 0. The van der Waals surface area contributed by atoms with E-state index in [1.54, 1.807) is 11.3 Å². The molecule has 3 heterocycles. The van der Waals surface area contributed by atoms with Gasteiger partial charge >= 0.3 is 0 Å². The van der Waals surface area contributed by atoms with Crippen molar-refractivity contribution in [2.24, 2.45) is 0 Å². The van der Waals surface area contributed by atoms with Crippen molar-refractivity contribution >= 4 is 22.8 Å². The number of nitrogens with zero attached hydrogens (tertiary/aromatic N) is 5. The largest absolute Gasteiger partial charge is 0.354 e. The maximum Gasteiger partial charge on any atom is 0.186 e. The summed E-state index contributed by atoms with van der Waals surface area (Å²) in [4.78, 5) is 2.13.